The van der Waals surface area contributed by atoms with Gasteiger partial charge in [-0.2, -0.15) is 0 Å². The summed E-state index contributed by atoms with van der Waals surface area (Å²) < 4.78 is 7.79. The van der Waals surface area contributed by atoms with Crippen LogP contribution >= 0.6 is 23.2 Å². The van der Waals surface area contributed by atoms with E-state index in [4.69, 9.17) is 32.9 Å². The average molecular weight is 592 g/mol. The van der Waals surface area contributed by atoms with Crippen molar-refractivity contribution in [3.05, 3.63) is 98.3 Å². The Balaban J connectivity index is 1.82. The number of nitrogens with zero attached hydrogens (tertiary/aromatic N) is 4. The molecule has 0 radical (unpaired) electrons. The number of rotatable bonds is 6. The summed E-state index contributed by atoms with van der Waals surface area (Å²) in [6.07, 6.45) is 0. The maximum atomic E-state index is 14.4. The highest BCUT2D eigenvalue weighted by Crippen LogP contribution is 2.47. The lowest BCUT2D eigenvalue weighted by atomic mass is 9.97. The van der Waals surface area contributed by atoms with Crippen LogP contribution in [0.25, 0.3) is 11.4 Å². The Labute approximate surface area is 250 Å². The van der Waals surface area contributed by atoms with E-state index >= 15 is 0 Å². The topological polar surface area (TPSA) is 67.7 Å². The molecule has 0 fully saturated rings. The molecule has 7 nitrogen and oxygen atoms in total. The summed E-state index contributed by atoms with van der Waals surface area (Å²) in [5, 5.41) is 1.15. The number of carbonyl (C=O) groups excluding carboxylic acids is 2. The van der Waals surface area contributed by atoms with Gasteiger partial charge < -0.3 is 14.2 Å². The number of ether oxygens (including phenoxy) is 1. The first-order valence-electron chi connectivity index (χ1n) is 13.3. The number of methoxy groups -OCH3 is 1. The number of amides is 2. The number of aromatic nitrogens is 2. The highest BCUT2D eigenvalue weighted by atomic mass is 35.5. The predicted octanol–water partition coefficient (Wildman–Crippen LogP) is 7.51. The smallest absolute Gasteiger partial charge is 0.279 e. The molecule has 1 atom stereocenters. The van der Waals surface area contributed by atoms with E-state index in [1.807, 2.05) is 50.2 Å². The molecule has 5 rings (SSSR count). The van der Waals surface area contributed by atoms with Gasteiger partial charge >= 0.3 is 0 Å². The van der Waals surface area contributed by atoms with Gasteiger partial charge in [0.05, 0.1) is 18.4 Å². The first kappa shape index (κ1) is 28.7. The van der Waals surface area contributed by atoms with Crippen molar-refractivity contribution < 1.29 is 14.3 Å². The zero-order chi connectivity index (χ0) is 29.7. The van der Waals surface area contributed by atoms with Gasteiger partial charge in [0.25, 0.3) is 11.8 Å². The monoisotopic (exact) mass is 590 g/mol. The minimum absolute atomic E-state index is 0.0810. The van der Waals surface area contributed by atoms with Crippen molar-refractivity contribution in [3.8, 4) is 17.1 Å². The molecular weight excluding hydrogens is 559 g/mol. The molecule has 0 unspecified atom stereocenters. The molecule has 0 spiro atoms. The molecule has 2 amide bonds. The van der Waals surface area contributed by atoms with E-state index in [-0.39, 0.29) is 17.9 Å². The number of anilines is 1. The van der Waals surface area contributed by atoms with Gasteiger partial charge in [-0.05, 0) is 86.8 Å². The molecule has 2 heterocycles. The van der Waals surface area contributed by atoms with E-state index in [0.29, 0.717) is 44.1 Å². The number of benzene rings is 3. The van der Waals surface area contributed by atoms with Crippen LogP contribution in [-0.2, 0) is 0 Å². The quantitative estimate of drug-likeness (QED) is 0.233. The van der Waals surface area contributed by atoms with E-state index in [2.05, 4.69) is 18.4 Å². The van der Waals surface area contributed by atoms with Crippen molar-refractivity contribution in [1.82, 2.24) is 14.5 Å². The van der Waals surface area contributed by atoms with E-state index < -0.39 is 6.04 Å². The van der Waals surface area contributed by atoms with Gasteiger partial charge in [0, 0.05) is 41.4 Å². The molecule has 0 saturated carbocycles. The Morgan fingerprint density at radius 2 is 1.66 bits per heavy atom. The molecule has 3 aromatic carbocycles. The number of carbonyl (C=O) groups is 2. The van der Waals surface area contributed by atoms with Gasteiger partial charge in [-0.15, -0.1) is 0 Å². The molecule has 0 N–H and O–H groups in total. The highest BCUT2D eigenvalue weighted by molar-refractivity contribution is 6.31. The SMILES string of the molecule is COc1ccc(C(=O)N(C)C)cc1-c1nc2c(n1C(C)C)[C@H](c1ccc(Cl)cc1C)N(c1cc(Cl)ccc1C)C2=O. The minimum atomic E-state index is -0.492. The normalized spacial score (nSPS) is 14.5. The highest BCUT2D eigenvalue weighted by Gasteiger charge is 2.45. The molecule has 4 aromatic rings. The molecule has 1 aliphatic heterocycles. The lowest BCUT2D eigenvalue weighted by molar-refractivity contribution is 0.0827. The number of imidazole rings is 1. The first-order chi connectivity index (χ1) is 19.4. The third kappa shape index (κ3) is 4.87. The summed E-state index contributed by atoms with van der Waals surface area (Å²) in [6.45, 7) is 8.05. The van der Waals surface area contributed by atoms with Crippen LogP contribution in [0, 0.1) is 13.8 Å². The summed E-state index contributed by atoms with van der Waals surface area (Å²) in [7, 11) is 5.00. The second-order valence-electron chi connectivity index (χ2n) is 10.8. The predicted molar refractivity (Wildman–Crippen MR) is 164 cm³/mol. The van der Waals surface area contributed by atoms with Gasteiger partial charge in [0.15, 0.2) is 5.69 Å². The summed E-state index contributed by atoms with van der Waals surface area (Å²) in [6, 6.07) is 16.0. The van der Waals surface area contributed by atoms with Crippen molar-refractivity contribution in [2.75, 3.05) is 26.1 Å². The van der Waals surface area contributed by atoms with Gasteiger partial charge in [-0.25, -0.2) is 4.98 Å². The van der Waals surface area contributed by atoms with Crippen LogP contribution in [0.2, 0.25) is 10.0 Å². The standard InChI is InChI=1S/C32H32Cl2N4O3/c1-17(2)37-29-27(35-30(37)24-15-20(31(39)36(5)6)9-13-26(24)41-7)32(40)38(25-16-22(34)10-8-18(25)3)28(29)23-12-11-21(33)14-19(23)4/h8-17,28H,1-7H3/t28-/m0/s1. The van der Waals surface area contributed by atoms with Crippen molar-refractivity contribution in [2.45, 2.75) is 39.8 Å². The van der Waals surface area contributed by atoms with E-state index in [1.165, 1.54) is 4.90 Å². The molecule has 0 saturated heterocycles. The van der Waals surface area contributed by atoms with Crippen LogP contribution in [0.1, 0.15) is 69.2 Å². The van der Waals surface area contributed by atoms with Gasteiger partial charge in [0.2, 0.25) is 0 Å². The van der Waals surface area contributed by atoms with Crippen molar-refractivity contribution >= 4 is 40.7 Å². The van der Waals surface area contributed by atoms with E-state index in [9.17, 15) is 9.59 Å². The Bertz CT molecular complexity index is 1690. The second kappa shape index (κ2) is 10.9. The number of aryl methyl sites for hydroxylation is 2. The van der Waals surface area contributed by atoms with Crippen LogP contribution in [0.3, 0.4) is 0 Å². The zero-order valence-corrected chi connectivity index (χ0v) is 25.6. The molecule has 0 bridgehead atoms. The number of hydrogen-bond acceptors (Lipinski definition) is 4. The second-order valence-corrected chi connectivity index (χ2v) is 11.6. The van der Waals surface area contributed by atoms with E-state index in [0.717, 1.165) is 22.4 Å². The van der Waals surface area contributed by atoms with Crippen LogP contribution in [0.15, 0.2) is 54.6 Å². The summed E-state index contributed by atoms with van der Waals surface area (Å²) in [5.74, 6) is 0.741. The van der Waals surface area contributed by atoms with Crippen molar-refractivity contribution in [3.63, 3.8) is 0 Å². The molecule has 41 heavy (non-hydrogen) atoms. The van der Waals surface area contributed by atoms with Crippen LogP contribution in [-0.4, -0.2) is 47.5 Å². The number of halogens is 2. The molecule has 212 valence electrons. The summed E-state index contributed by atoms with van der Waals surface area (Å²) in [4.78, 5) is 35.5. The van der Waals surface area contributed by atoms with E-state index in [1.54, 1.807) is 44.3 Å². The van der Waals surface area contributed by atoms with Crippen molar-refractivity contribution in [1.29, 1.82) is 0 Å². The Morgan fingerprint density at radius 3 is 2.29 bits per heavy atom. The molecule has 0 aliphatic carbocycles. The molecule has 1 aromatic heterocycles. The molecular formula is C32H32Cl2N4O3. The fourth-order valence-corrected chi connectivity index (χ4v) is 5.92. The number of fused-ring (bicyclic) bond motifs is 1. The fourth-order valence-electron chi connectivity index (χ4n) is 5.53. The minimum Gasteiger partial charge on any atom is -0.496 e. The lowest BCUT2D eigenvalue weighted by Crippen LogP contribution is -2.31. The van der Waals surface area contributed by atoms with Crippen LogP contribution < -0.4 is 9.64 Å². The van der Waals surface area contributed by atoms with Crippen molar-refractivity contribution in [2.24, 2.45) is 0 Å². The summed E-state index contributed by atoms with van der Waals surface area (Å²) >= 11 is 12.8. The zero-order valence-electron chi connectivity index (χ0n) is 24.1. The van der Waals surface area contributed by atoms with Gasteiger partial charge in [0.1, 0.15) is 17.6 Å². The maximum Gasteiger partial charge on any atom is 0.279 e. The number of hydrogen-bond donors (Lipinski definition) is 0. The third-order valence-electron chi connectivity index (χ3n) is 7.45. The molecule has 9 heteroatoms. The third-order valence-corrected chi connectivity index (χ3v) is 7.92. The first-order valence-corrected chi connectivity index (χ1v) is 14.1. The Morgan fingerprint density at radius 1 is 0.976 bits per heavy atom. The largest absolute Gasteiger partial charge is 0.496 e. The Kier molecular flexibility index (Phi) is 7.62. The van der Waals surface area contributed by atoms with Crippen LogP contribution in [0.5, 0.6) is 5.75 Å². The fraction of sp³-hybridized carbons (Fsp3) is 0.281. The average Bonchev–Trinajstić information content (AvgIpc) is 3.44. The van der Waals surface area contributed by atoms with Gasteiger partial charge in [-0.3, -0.25) is 14.5 Å². The van der Waals surface area contributed by atoms with Crippen LogP contribution in [0.4, 0.5) is 5.69 Å². The maximum absolute atomic E-state index is 14.4. The Hall–Kier alpha value is -3.81. The summed E-state index contributed by atoms with van der Waals surface area (Å²) in [5.41, 5.74) is 5.74. The molecule has 1 aliphatic rings. The van der Waals surface area contributed by atoms with Gasteiger partial charge in [-0.1, -0.05) is 35.3 Å². The lowest BCUT2D eigenvalue weighted by Gasteiger charge is -2.30.